The molecule has 2 N–H and O–H groups in total. The number of benzene rings is 2. The van der Waals surface area contributed by atoms with Crippen LogP contribution in [0.15, 0.2) is 42.5 Å². The Morgan fingerprint density at radius 2 is 1.90 bits per heavy atom. The quantitative estimate of drug-likeness (QED) is 0.809. The van der Waals surface area contributed by atoms with Crippen molar-refractivity contribution in [3.63, 3.8) is 0 Å². The van der Waals surface area contributed by atoms with E-state index >= 15 is 0 Å². The van der Waals surface area contributed by atoms with Gasteiger partial charge in [-0.25, -0.2) is 0 Å². The zero-order chi connectivity index (χ0) is 14.1. The van der Waals surface area contributed by atoms with Gasteiger partial charge in [-0.2, -0.15) is 0 Å². The second-order valence-electron chi connectivity index (χ2n) is 4.83. The molecular weight excluding hydrogens is 252 g/mol. The number of nitrogens with two attached hydrogens (primary N) is 1. The van der Waals surface area contributed by atoms with Crippen LogP contribution in [0.1, 0.15) is 6.42 Å². The second kappa shape index (κ2) is 4.89. The Kier molecular flexibility index (Phi) is 3.06. The zero-order valence-corrected chi connectivity index (χ0v) is 11.3. The minimum Gasteiger partial charge on any atom is -0.489 e. The Bertz CT molecular complexity index is 653. The molecule has 4 heteroatoms. The predicted octanol–water partition coefficient (Wildman–Crippen LogP) is 2.68. The molecule has 0 aromatic heterocycles. The van der Waals surface area contributed by atoms with Crippen molar-refractivity contribution < 1.29 is 9.53 Å². The van der Waals surface area contributed by atoms with E-state index in [1.165, 1.54) is 0 Å². The molecule has 1 aliphatic rings. The summed E-state index contributed by atoms with van der Waals surface area (Å²) in [6, 6.07) is 13.8. The van der Waals surface area contributed by atoms with Crippen molar-refractivity contribution in [2.45, 2.75) is 6.42 Å². The molecule has 0 saturated carbocycles. The standard InChI is InChI=1S/C16H16N2O2/c1-18-14-10-12(11-5-3-2-4-6-11)9-13(17)16(14)20-8-7-15(18)19/h2-6,9-10H,7-8,17H2,1H3. The molecule has 3 rings (SSSR count). The minimum absolute atomic E-state index is 0.0355. The van der Waals surface area contributed by atoms with Gasteiger partial charge in [0.1, 0.15) is 0 Å². The first-order valence-corrected chi connectivity index (χ1v) is 6.55. The minimum atomic E-state index is 0.0355. The first kappa shape index (κ1) is 12.5. The average molecular weight is 268 g/mol. The van der Waals surface area contributed by atoms with Crippen LogP contribution in [-0.4, -0.2) is 19.6 Å². The highest BCUT2D eigenvalue weighted by atomic mass is 16.5. The van der Waals surface area contributed by atoms with E-state index in [-0.39, 0.29) is 5.91 Å². The molecular formula is C16H16N2O2. The lowest BCUT2D eigenvalue weighted by Crippen LogP contribution is -2.25. The van der Waals surface area contributed by atoms with Gasteiger partial charge in [0.05, 0.1) is 24.4 Å². The summed E-state index contributed by atoms with van der Waals surface area (Å²) in [5.74, 6) is 0.631. The Labute approximate surface area is 117 Å². The summed E-state index contributed by atoms with van der Waals surface area (Å²) in [5, 5.41) is 0. The van der Waals surface area contributed by atoms with Crippen LogP contribution >= 0.6 is 0 Å². The summed E-state index contributed by atoms with van der Waals surface area (Å²) >= 11 is 0. The van der Waals surface area contributed by atoms with Gasteiger partial charge in [-0.1, -0.05) is 30.3 Å². The number of carbonyl (C=O) groups is 1. The van der Waals surface area contributed by atoms with Crippen LogP contribution in [0.4, 0.5) is 11.4 Å². The summed E-state index contributed by atoms with van der Waals surface area (Å²) < 4.78 is 5.62. The normalized spacial score (nSPS) is 14.4. The number of nitrogen functional groups attached to an aromatic ring is 1. The molecule has 0 aliphatic carbocycles. The molecule has 1 heterocycles. The van der Waals surface area contributed by atoms with Crippen molar-refractivity contribution in [2.24, 2.45) is 0 Å². The number of ether oxygens (including phenoxy) is 1. The van der Waals surface area contributed by atoms with Crippen molar-refractivity contribution in [3.8, 4) is 16.9 Å². The molecule has 2 aromatic rings. The Hall–Kier alpha value is -2.49. The summed E-state index contributed by atoms with van der Waals surface area (Å²) in [6.07, 6.45) is 0.366. The van der Waals surface area contributed by atoms with Crippen LogP contribution in [-0.2, 0) is 4.79 Å². The molecule has 0 bridgehead atoms. The number of anilines is 2. The third kappa shape index (κ3) is 2.09. The van der Waals surface area contributed by atoms with E-state index in [0.717, 1.165) is 16.8 Å². The SMILES string of the molecule is CN1C(=O)CCOc2c(N)cc(-c3ccccc3)cc21. The van der Waals surface area contributed by atoms with Crippen LogP contribution in [0.5, 0.6) is 5.75 Å². The van der Waals surface area contributed by atoms with Crippen LogP contribution in [0.2, 0.25) is 0 Å². The third-order valence-electron chi connectivity index (χ3n) is 3.50. The van der Waals surface area contributed by atoms with Crippen LogP contribution < -0.4 is 15.4 Å². The Morgan fingerprint density at radius 1 is 1.15 bits per heavy atom. The molecule has 2 aromatic carbocycles. The number of fused-ring (bicyclic) bond motifs is 1. The molecule has 0 saturated heterocycles. The lowest BCUT2D eigenvalue weighted by Gasteiger charge is -2.19. The monoisotopic (exact) mass is 268 g/mol. The molecule has 20 heavy (non-hydrogen) atoms. The summed E-state index contributed by atoms with van der Waals surface area (Å²) in [6.45, 7) is 0.366. The van der Waals surface area contributed by atoms with Crippen molar-refractivity contribution in [3.05, 3.63) is 42.5 Å². The van der Waals surface area contributed by atoms with E-state index < -0.39 is 0 Å². The van der Waals surface area contributed by atoms with Crippen LogP contribution in [0.25, 0.3) is 11.1 Å². The molecule has 4 nitrogen and oxygen atoms in total. The van der Waals surface area contributed by atoms with Crippen molar-refractivity contribution in [2.75, 3.05) is 24.3 Å². The second-order valence-corrected chi connectivity index (χ2v) is 4.83. The topological polar surface area (TPSA) is 55.6 Å². The van der Waals surface area contributed by atoms with Gasteiger partial charge in [-0.15, -0.1) is 0 Å². The van der Waals surface area contributed by atoms with Crippen molar-refractivity contribution in [1.82, 2.24) is 0 Å². The summed E-state index contributed by atoms with van der Waals surface area (Å²) in [7, 11) is 1.75. The van der Waals surface area contributed by atoms with Crippen molar-refractivity contribution >= 4 is 17.3 Å². The highest BCUT2D eigenvalue weighted by Crippen LogP contribution is 2.39. The number of hydrogen-bond donors (Lipinski definition) is 1. The zero-order valence-electron chi connectivity index (χ0n) is 11.3. The highest BCUT2D eigenvalue weighted by molar-refractivity contribution is 5.97. The fourth-order valence-electron chi connectivity index (χ4n) is 2.38. The first-order valence-electron chi connectivity index (χ1n) is 6.55. The molecule has 0 atom stereocenters. The maximum absolute atomic E-state index is 11.9. The molecule has 0 fully saturated rings. The fourth-order valence-corrected chi connectivity index (χ4v) is 2.38. The van der Waals surface area contributed by atoms with Gasteiger partial charge in [0.15, 0.2) is 5.75 Å². The molecule has 1 amide bonds. The van der Waals surface area contributed by atoms with E-state index in [1.54, 1.807) is 11.9 Å². The predicted molar refractivity (Wildman–Crippen MR) is 79.8 cm³/mol. The van der Waals surface area contributed by atoms with Gasteiger partial charge in [-0.05, 0) is 23.3 Å². The largest absolute Gasteiger partial charge is 0.489 e. The molecule has 102 valence electrons. The van der Waals surface area contributed by atoms with E-state index in [9.17, 15) is 4.79 Å². The van der Waals surface area contributed by atoms with Gasteiger partial charge in [-0.3, -0.25) is 4.79 Å². The van der Waals surface area contributed by atoms with Crippen molar-refractivity contribution in [1.29, 1.82) is 0 Å². The van der Waals surface area contributed by atoms with Crippen LogP contribution in [0.3, 0.4) is 0 Å². The number of nitrogens with zero attached hydrogens (tertiary/aromatic N) is 1. The van der Waals surface area contributed by atoms with E-state index in [0.29, 0.717) is 24.5 Å². The van der Waals surface area contributed by atoms with Gasteiger partial charge in [0, 0.05) is 7.05 Å². The maximum atomic E-state index is 11.9. The maximum Gasteiger partial charge on any atom is 0.230 e. The molecule has 0 spiro atoms. The Balaban J connectivity index is 2.15. The van der Waals surface area contributed by atoms with E-state index in [2.05, 4.69) is 0 Å². The smallest absolute Gasteiger partial charge is 0.230 e. The molecule has 1 aliphatic heterocycles. The average Bonchev–Trinajstić information content (AvgIpc) is 2.61. The van der Waals surface area contributed by atoms with Gasteiger partial charge >= 0.3 is 0 Å². The number of carbonyl (C=O) groups excluding carboxylic acids is 1. The first-order chi connectivity index (χ1) is 9.66. The number of hydrogen-bond acceptors (Lipinski definition) is 3. The molecule has 0 unspecified atom stereocenters. The number of amides is 1. The third-order valence-corrected chi connectivity index (χ3v) is 3.50. The highest BCUT2D eigenvalue weighted by Gasteiger charge is 2.22. The lowest BCUT2D eigenvalue weighted by molar-refractivity contribution is -0.118. The number of rotatable bonds is 1. The molecule has 0 radical (unpaired) electrons. The van der Waals surface area contributed by atoms with Crippen LogP contribution in [0, 0.1) is 0 Å². The summed E-state index contributed by atoms with van der Waals surface area (Å²) in [4.78, 5) is 13.6. The Morgan fingerprint density at radius 3 is 2.65 bits per heavy atom. The lowest BCUT2D eigenvalue weighted by atomic mass is 10.0. The van der Waals surface area contributed by atoms with Gasteiger partial charge in [0.2, 0.25) is 5.91 Å². The van der Waals surface area contributed by atoms with Gasteiger partial charge < -0.3 is 15.4 Å². The van der Waals surface area contributed by atoms with E-state index in [4.69, 9.17) is 10.5 Å². The van der Waals surface area contributed by atoms with Gasteiger partial charge in [0.25, 0.3) is 0 Å². The fraction of sp³-hybridized carbons (Fsp3) is 0.188. The van der Waals surface area contributed by atoms with E-state index in [1.807, 2.05) is 42.5 Å². The summed E-state index contributed by atoms with van der Waals surface area (Å²) in [5.41, 5.74) is 9.42.